The number of alkyl carbamates (subject to hydrolysis) is 1. The predicted molar refractivity (Wildman–Crippen MR) is 84.4 cm³/mol. The number of carbonyl (C=O) groups excluding carboxylic acids is 1. The molecule has 1 saturated carbocycles. The van der Waals surface area contributed by atoms with Crippen molar-refractivity contribution in [2.45, 2.75) is 45.1 Å². The second-order valence-electron chi connectivity index (χ2n) is 6.06. The fourth-order valence-electron chi connectivity index (χ4n) is 1.72. The van der Waals surface area contributed by atoms with E-state index in [0.29, 0.717) is 19.0 Å². The van der Waals surface area contributed by atoms with Gasteiger partial charge in [0, 0.05) is 25.1 Å². The summed E-state index contributed by atoms with van der Waals surface area (Å²) in [5.74, 6) is 2.15. The van der Waals surface area contributed by atoms with Crippen LogP contribution in [0.5, 0.6) is 0 Å². The zero-order valence-electron chi connectivity index (χ0n) is 12.6. The lowest BCUT2D eigenvalue weighted by molar-refractivity contribution is 0.0530. The van der Waals surface area contributed by atoms with Gasteiger partial charge in [0.05, 0.1) is 0 Å². The van der Waals surface area contributed by atoms with E-state index in [1.165, 1.54) is 0 Å². The highest BCUT2D eigenvalue weighted by molar-refractivity contribution is 9.10. The second-order valence-corrected chi connectivity index (χ2v) is 6.88. The SMILES string of the molecule is CC(C)(C)OC(=O)NCCNc1cc(Br)nc(C2CC2)n1. The summed E-state index contributed by atoms with van der Waals surface area (Å²) in [4.78, 5) is 20.3. The molecular weight excluding hydrogens is 336 g/mol. The van der Waals surface area contributed by atoms with Crippen molar-refractivity contribution in [3.63, 3.8) is 0 Å². The molecule has 0 unspecified atom stereocenters. The molecule has 0 spiro atoms. The molecule has 1 aliphatic carbocycles. The number of nitrogens with one attached hydrogen (secondary N) is 2. The smallest absolute Gasteiger partial charge is 0.407 e. The summed E-state index contributed by atoms with van der Waals surface area (Å²) in [5, 5.41) is 5.87. The van der Waals surface area contributed by atoms with Gasteiger partial charge in [-0.1, -0.05) is 0 Å². The molecule has 1 amide bonds. The molecule has 1 heterocycles. The molecule has 0 aliphatic heterocycles. The van der Waals surface area contributed by atoms with Crippen molar-refractivity contribution in [3.05, 3.63) is 16.5 Å². The standard InChI is InChI=1S/C14H21BrN4O2/c1-14(2,3)21-13(20)17-7-6-16-11-8-10(15)18-12(19-11)9-4-5-9/h8-9H,4-7H2,1-3H3,(H,17,20)(H,16,18,19). The molecule has 0 bridgehead atoms. The molecule has 1 aliphatic rings. The van der Waals surface area contributed by atoms with E-state index < -0.39 is 11.7 Å². The van der Waals surface area contributed by atoms with Crippen molar-refractivity contribution in [1.82, 2.24) is 15.3 Å². The molecule has 1 aromatic rings. The molecule has 21 heavy (non-hydrogen) atoms. The third-order valence-electron chi connectivity index (χ3n) is 2.75. The van der Waals surface area contributed by atoms with E-state index in [1.54, 1.807) is 0 Å². The van der Waals surface area contributed by atoms with Crippen LogP contribution in [0.25, 0.3) is 0 Å². The summed E-state index contributed by atoms with van der Waals surface area (Å²) in [5.41, 5.74) is -0.478. The lowest BCUT2D eigenvalue weighted by Crippen LogP contribution is -2.35. The van der Waals surface area contributed by atoms with Gasteiger partial charge in [-0.2, -0.15) is 0 Å². The van der Waals surface area contributed by atoms with E-state index in [4.69, 9.17) is 4.74 Å². The van der Waals surface area contributed by atoms with Crippen LogP contribution in [-0.4, -0.2) is 34.8 Å². The number of hydrogen-bond donors (Lipinski definition) is 2. The first-order chi connectivity index (χ1) is 9.83. The molecule has 0 aromatic carbocycles. The summed E-state index contributed by atoms with van der Waals surface area (Å²) in [6, 6.07) is 1.83. The van der Waals surface area contributed by atoms with Crippen molar-refractivity contribution in [2.75, 3.05) is 18.4 Å². The van der Waals surface area contributed by atoms with Crippen molar-refractivity contribution in [3.8, 4) is 0 Å². The minimum absolute atomic E-state index is 0.410. The number of anilines is 1. The summed E-state index contributed by atoms with van der Waals surface area (Å²) in [7, 11) is 0. The van der Waals surface area contributed by atoms with Crippen LogP contribution in [0.3, 0.4) is 0 Å². The van der Waals surface area contributed by atoms with Crippen LogP contribution in [0.15, 0.2) is 10.7 Å². The van der Waals surface area contributed by atoms with Gasteiger partial charge in [0.1, 0.15) is 21.8 Å². The molecule has 1 fully saturated rings. The van der Waals surface area contributed by atoms with Crippen molar-refractivity contribution in [2.24, 2.45) is 0 Å². The molecule has 1 aromatic heterocycles. The zero-order chi connectivity index (χ0) is 15.5. The fraction of sp³-hybridized carbons (Fsp3) is 0.643. The highest BCUT2D eigenvalue weighted by Crippen LogP contribution is 2.38. The van der Waals surface area contributed by atoms with Gasteiger partial charge in [-0.3, -0.25) is 0 Å². The minimum atomic E-state index is -0.478. The van der Waals surface area contributed by atoms with E-state index in [0.717, 1.165) is 29.1 Å². The molecule has 0 atom stereocenters. The molecule has 2 N–H and O–H groups in total. The Morgan fingerprint density at radius 2 is 2.10 bits per heavy atom. The van der Waals surface area contributed by atoms with E-state index in [2.05, 4.69) is 36.5 Å². The topological polar surface area (TPSA) is 76.1 Å². The summed E-state index contributed by atoms with van der Waals surface area (Å²) >= 11 is 3.39. The van der Waals surface area contributed by atoms with Crippen molar-refractivity contribution >= 4 is 27.8 Å². The average molecular weight is 357 g/mol. The van der Waals surface area contributed by atoms with Gasteiger partial charge in [0.25, 0.3) is 0 Å². The molecule has 7 heteroatoms. The highest BCUT2D eigenvalue weighted by atomic mass is 79.9. The maximum atomic E-state index is 11.5. The van der Waals surface area contributed by atoms with Crippen LogP contribution in [0.2, 0.25) is 0 Å². The Labute approximate surface area is 133 Å². The van der Waals surface area contributed by atoms with Gasteiger partial charge in [0.2, 0.25) is 0 Å². The summed E-state index contributed by atoms with van der Waals surface area (Å²) < 4.78 is 5.94. The van der Waals surface area contributed by atoms with Crippen LogP contribution in [-0.2, 0) is 4.74 Å². The molecule has 0 radical (unpaired) electrons. The Balaban J connectivity index is 1.75. The van der Waals surface area contributed by atoms with Crippen LogP contribution in [0, 0.1) is 0 Å². The Morgan fingerprint density at radius 3 is 2.71 bits per heavy atom. The summed E-state index contributed by atoms with van der Waals surface area (Å²) in [6.07, 6.45) is 1.92. The van der Waals surface area contributed by atoms with E-state index >= 15 is 0 Å². The number of rotatable bonds is 5. The third kappa shape index (κ3) is 5.87. The lowest BCUT2D eigenvalue weighted by Gasteiger charge is -2.19. The number of hydrogen-bond acceptors (Lipinski definition) is 5. The first-order valence-electron chi connectivity index (χ1n) is 7.09. The first kappa shape index (κ1) is 16.0. The Bertz CT molecular complexity index is 512. The van der Waals surface area contributed by atoms with Gasteiger partial charge in [-0.05, 0) is 49.5 Å². The summed E-state index contributed by atoms with van der Waals surface area (Å²) in [6.45, 7) is 6.55. The molecular formula is C14H21BrN4O2. The van der Waals surface area contributed by atoms with Crippen molar-refractivity contribution in [1.29, 1.82) is 0 Å². The van der Waals surface area contributed by atoms with Gasteiger partial charge in [0.15, 0.2) is 0 Å². The third-order valence-corrected chi connectivity index (χ3v) is 3.16. The lowest BCUT2D eigenvalue weighted by atomic mass is 10.2. The monoisotopic (exact) mass is 356 g/mol. The fourth-order valence-corrected chi connectivity index (χ4v) is 2.12. The molecule has 6 nitrogen and oxygen atoms in total. The van der Waals surface area contributed by atoms with Gasteiger partial charge >= 0.3 is 6.09 Å². The van der Waals surface area contributed by atoms with Gasteiger partial charge < -0.3 is 15.4 Å². The van der Waals surface area contributed by atoms with Gasteiger partial charge in [-0.15, -0.1) is 0 Å². The molecule has 0 saturated heterocycles. The van der Waals surface area contributed by atoms with Crippen LogP contribution in [0.1, 0.15) is 45.4 Å². The number of amides is 1. The van der Waals surface area contributed by atoms with E-state index in [-0.39, 0.29) is 0 Å². The quantitative estimate of drug-likeness (QED) is 0.626. The van der Waals surface area contributed by atoms with Crippen LogP contribution in [0.4, 0.5) is 10.6 Å². The van der Waals surface area contributed by atoms with Crippen LogP contribution >= 0.6 is 15.9 Å². The number of carbonyl (C=O) groups is 1. The normalized spacial score (nSPS) is 14.7. The maximum Gasteiger partial charge on any atom is 0.407 e. The zero-order valence-corrected chi connectivity index (χ0v) is 14.2. The molecule has 2 rings (SSSR count). The largest absolute Gasteiger partial charge is 0.444 e. The molecule has 116 valence electrons. The predicted octanol–water partition coefficient (Wildman–Crippen LogP) is 3.05. The van der Waals surface area contributed by atoms with Gasteiger partial charge in [-0.25, -0.2) is 14.8 Å². The first-order valence-corrected chi connectivity index (χ1v) is 7.88. The van der Waals surface area contributed by atoms with E-state index in [9.17, 15) is 4.79 Å². The Morgan fingerprint density at radius 1 is 1.38 bits per heavy atom. The maximum absolute atomic E-state index is 11.5. The Hall–Kier alpha value is -1.37. The average Bonchev–Trinajstić information content (AvgIpc) is 3.16. The number of aromatic nitrogens is 2. The van der Waals surface area contributed by atoms with E-state index in [1.807, 2.05) is 26.8 Å². The van der Waals surface area contributed by atoms with Crippen molar-refractivity contribution < 1.29 is 9.53 Å². The highest BCUT2D eigenvalue weighted by Gasteiger charge is 2.27. The van der Waals surface area contributed by atoms with Crippen LogP contribution < -0.4 is 10.6 Å². The second kappa shape index (κ2) is 6.60. The number of nitrogens with zero attached hydrogens (tertiary/aromatic N) is 2. The number of halogens is 1. The minimum Gasteiger partial charge on any atom is -0.444 e. The number of ether oxygens (including phenoxy) is 1. The Kier molecular flexibility index (Phi) is 5.03.